The van der Waals surface area contributed by atoms with Crippen LogP contribution in [0.3, 0.4) is 0 Å². The standard InChI is InChI=1S/C19H21N3O2/c23-19(21-18-8-7-14-4-1-2-6-17(14)18)22-11-9-16(13-22)24-15-5-3-10-20-12-15/h1-6,10,12,16,18H,7-9,11,13H2,(H,21,23)/t16-,18+/m1/s1. The molecule has 5 nitrogen and oxygen atoms in total. The van der Waals surface area contributed by atoms with Crippen LogP contribution in [0.2, 0.25) is 0 Å². The second-order valence-corrected chi connectivity index (χ2v) is 6.40. The maximum Gasteiger partial charge on any atom is 0.318 e. The van der Waals surface area contributed by atoms with Crippen LogP contribution < -0.4 is 10.1 Å². The van der Waals surface area contributed by atoms with Crippen LogP contribution in [0.4, 0.5) is 4.79 Å². The van der Waals surface area contributed by atoms with Crippen molar-refractivity contribution in [1.29, 1.82) is 0 Å². The monoisotopic (exact) mass is 323 g/mol. The highest BCUT2D eigenvalue weighted by Crippen LogP contribution is 2.31. The lowest BCUT2D eigenvalue weighted by Gasteiger charge is -2.21. The van der Waals surface area contributed by atoms with Gasteiger partial charge in [0, 0.05) is 19.2 Å². The highest BCUT2D eigenvalue weighted by atomic mass is 16.5. The maximum absolute atomic E-state index is 12.6. The van der Waals surface area contributed by atoms with Crippen molar-refractivity contribution >= 4 is 6.03 Å². The molecule has 1 aliphatic carbocycles. The Labute approximate surface area is 141 Å². The minimum absolute atomic E-state index is 0.00832. The second-order valence-electron chi connectivity index (χ2n) is 6.40. The lowest BCUT2D eigenvalue weighted by Crippen LogP contribution is -2.40. The van der Waals surface area contributed by atoms with Crippen LogP contribution in [0, 0.1) is 0 Å². The molecule has 0 bridgehead atoms. The number of benzene rings is 1. The molecule has 0 unspecified atom stereocenters. The summed E-state index contributed by atoms with van der Waals surface area (Å²) in [5, 5.41) is 3.18. The molecule has 124 valence electrons. The molecule has 0 spiro atoms. The van der Waals surface area contributed by atoms with Gasteiger partial charge in [-0.2, -0.15) is 0 Å². The third-order valence-electron chi connectivity index (χ3n) is 4.80. The Morgan fingerprint density at radius 1 is 1.21 bits per heavy atom. The van der Waals surface area contributed by atoms with Crippen LogP contribution in [0.15, 0.2) is 48.8 Å². The number of amides is 2. The van der Waals surface area contributed by atoms with E-state index in [1.54, 1.807) is 12.4 Å². The molecule has 2 aliphatic rings. The van der Waals surface area contributed by atoms with E-state index in [1.165, 1.54) is 11.1 Å². The number of aryl methyl sites for hydroxylation is 1. The van der Waals surface area contributed by atoms with E-state index in [-0.39, 0.29) is 18.2 Å². The van der Waals surface area contributed by atoms with Gasteiger partial charge in [-0.05, 0) is 36.1 Å². The van der Waals surface area contributed by atoms with Gasteiger partial charge in [-0.1, -0.05) is 24.3 Å². The topological polar surface area (TPSA) is 54.5 Å². The van der Waals surface area contributed by atoms with E-state index in [9.17, 15) is 4.79 Å². The van der Waals surface area contributed by atoms with Gasteiger partial charge in [-0.3, -0.25) is 4.98 Å². The summed E-state index contributed by atoms with van der Waals surface area (Å²) in [7, 11) is 0. The lowest BCUT2D eigenvalue weighted by molar-refractivity contribution is 0.184. The summed E-state index contributed by atoms with van der Waals surface area (Å²) < 4.78 is 5.90. The number of urea groups is 1. The van der Waals surface area contributed by atoms with Gasteiger partial charge in [0.25, 0.3) is 0 Å². The number of fused-ring (bicyclic) bond motifs is 1. The molecule has 1 saturated heterocycles. The first-order valence-corrected chi connectivity index (χ1v) is 8.49. The van der Waals surface area contributed by atoms with Crippen molar-refractivity contribution in [3.8, 4) is 5.75 Å². The van der Waals surface area contributed by atoms with E-state index < -0.39 is 0 Å². The Morgan fingerprint density at radius 3 is 3.00 bits per heavy atom. The summed E-state index contributed by atoms with van der Waals surface area (Å²) in [6.07, 6.45) is 6.33. The molecule has 0 saturated carbocycles. The molecule has 1 aromatic carbocycles. The van der Waals surface area contributed by atoms with Gasteiger partial charge in [0.1, 0.15) is 11.9 Å². The van der Waals surface area contributed by atoms with E-state index in [2.05, 4.69) is 28.5 Å². The lowest BCUT2D eigenvalue weighted by atomic mass is 10.1. The number of pyridine rings is 1. The van der Waals surface area contributed by atoms with Crippen molar-refractivity contribution in [1.82, 2.24) is 15.2 Å². The fourth-order valence-corrected chi connectivity index (χ4v) is 3.57. The number of likely N-dealkylation sites (tertiary alicyclic amines) is 1. The van der Waals surface area contributed by atoms with Crippen molar-refractivity contribution < 1.29 is 9.53 Å². The number of rotatable bonds is 3. The Balaban J connectivity index is 1.33. The molecule has 1 fully saturated rings. The molecular weight excluding hydrogens is 302 g/mol. The first-order chi connectivity index (χ1) is 11.8. The first-order valence-electron chi connectivity index (χ1n) is 8.49. The first kappa shape index (κ1) is 15.0. The molecule has 2 atom stereocenters. The largest absolute Gasteiger partial charge is 0.487 e. The normalized spacial score (nSPS) is 22.2. The fraction of sp³-hybridized carbons (Fsp3) is 0.368. The van der Waals surface area contributed by atoms with E-state index >= 15 is 0 Å². The van der Waals surface area contributed by atoms with Gasteiger partial charge in [0.2, 0.25) is 0 Å². The predicted molar refractivity (Wildman–Crippen MR) is 90.9 cm³/mol. The SMILES string of the molecule is O=C(N[C@H]1CCc2ccccc21)N1CC[C@@H](Oc2cccnc2)C1. The number of nitrogens with one attached hydrogen (secondary N) is 1. The number of nitrogens with zero attached hydrogens (tertiary/aromatic N) is 2. The average molecular weight is 323 g/mol. The summed E-state index contributed by atoms with van der Waals surface area (Å²) in [6.45, 7) is 1.35. The van der Waals surface area contributed by atoms with Crippen molar-refractivity contribution in [2.24, 2.45) is 0 Å². The third-order valence-corrected chi connectivity index (χ3v) is 4.80. The third kappa shape index (κ3) is 3.07. The van der Waals surface area contributed by atoms with Crippen LogP contribution >= 0.6 is 0 Å². The summed E-state index contributed by atoms with van der Waals surface area (Å²) >= 11 is 0. The minimum Gasteiger partial charge on any atom is -0.487 e. The number of aromatic nitrogens is 1. The summed E-state index contributed by atoms with van der Waals surface area (Å²) in [5.74, 6) is 0.759. The number of ether oxygens (including phenoxy) is 1. The van der Waals surface area contributed by atoms with Crippen molar-refractivity contribution in [2.45, 2.75) is 31.4 Å². The van der Waals surface area contributed by atoms with E-state index in [4.69, 9.17) is 4.74 Å². The van der Waals surface area contributed by atoms with Gasteiger partial charge in [0.05, 0.1) is 18.8 Å². The van der Waals surface area contributed by atoms with Crippen LogP contribution in [0.5, 0.6) is 5.75 Å². The van der Waals surface area contributed by atoms with Crippen LogP contribution in [-0.2, 0) is 6.42 Å². The second kappa shape index (κ2) is 6.51. The van der Waals surface area contributed by atoms with Gasteiger partial charge in [0.15, 0.2) is 0 Å². The van der Waals surface area contributed by atoms with Crippen LogP contribution in [0.1, 0.15) is 30.0 Å². The van der Waals surface area contributed by atoms with Crippen molar-refractivity contribution in [2.75, 3.05) is 13.1 Å². The predicted octanol–water partition coefficient (Wildman–Crippen LogP) is 2.93. The van der Waals surface area contributed by atoms with Crippen LogP contribution in [-0.4, -0.2) is 35.1 Å². The van der Waals surface area contributed by atoms with Gasteiger partial charge >= 0.3 is 6.03 Å². The molecule has 4 rings (SSSR count). The van der Waals surface area contributed by atoms with Crippen LogP contribution in [0.25, 0.3) is 0 Å². The Kier molecular flexibility index (Phi) is 4.07. The molecule has 1 aliphatic heterocycles. The maximum atomic E-state index is 12.6. The summed E-state index contributed by atoms with van der Waals surface area (Å²) in [4.78, 5) is 18.5. The quantitative estimate of drug-likeness (QED) is 0.945. The molecule has 2 aromatic rings. The molecule has 1 aromatic heterocycles. The van der Waals surface area contributed by atoms with Gasteiger partial charge < -0.3 is 15.0 Å². The highest BCUT2D eigenvalue weighted by Gasteiger charge is 2.30. The molecule has 2 heterocycles. The summed E-state index contributed by atoms with van der Waals surface area (Å²) in [5.41, 5.74) is 2.61. The molecule has 5 heteroatoms. The van der Waals surface area contributed by atoms with Gasteiger partial charge in [-0.25, -0.2) is 4.79 Å². The fourth-order valence-electron chi connectivity index (χ4n) is 3.57. The smallest absolute Gasteiger partial charge is 0.318 e. The Hall–Kier alpha value is -2.56. The van der Waals surface area contributed by atoms with Crippen molar-refractivity contribution in [3.63, 3.8) is 0 Å². The molecule has 24 heavy (non-hydrogen) atoms. The molecule has 1 N–H and O–H groups in total. The number of hydrogen-bond donors (Lipinski definition) is 1. The van der Waals surface area contributed by atoms with Gasteiger partial charge in [-0.15, -0.1) is 0 Å². The van der Waals surface area contributed by atoms with Crippen molar-refractivity contribution in [3.05, 3.63) is 59.9 Å². The number of carbonyl (C=O) groups excluding carboxylic acids is 1. The zero-order valence-electron chi connectivity index (χ0n) is 13.5. The zero-order valence-corrected chi connectivity index (χ0v) is 13.5. The molecule has 2 amide bonds. The molecular formula is C19H21N3O2. The van der Waals surface area contributed by atoms with E-state index in [0.29, 0.717) is 6.54 Å². The highest BCUT2D eigenvalue weighted by molar-refractivity contribution is 5.75. The van der Waals surface area contributed by atoms with E-state index in [0.717, 1.165) is 31.6 Å². The zero-order chi connectivity index (χ0) is 16.4. The minimum atomic E-state index is 0.00832. The average Bonchev–Trinajstić information content (AvgIpc) is 3.24. The summed E-state index contributed by atoms with van der Waals surface area (Å²) in [6, 6.07) is 12.2. The number of hydrogen-bond acceptors (Lipinski definition) is 3. The Morgan fingerprint density at radius 2 is 2.12 bits per heavy atom. The molecule has 0 radical (unpaired) electrons. The number of carbonyl (C=O) groups is 1. The van der Waals surface area contributed by atoms with E-state index in [1.807, 2.05) is 23.1 Å². The Bertz CT molecular complexity index is 720.